The second kappa shape index (κ2) is 4.62. The van der Waals surface area contributed by atoms with Crippen molar-refractivity contribution in [2.45, 2.75) is 12.5 Å². The molecule has 87 valence electrons. The highest BCUT2D eigenvalue weighted by Gasteiger charge is 2.29. The van der Waals surface area contributed by atoms with E-state index in [1.54, 1.807) is 0 Å². The lowest BCUT2D eigenvalue weighted by Gasteiger charge is -2.02. The van der Waals surface area contributed by atoms with Crippen molar-refractivity contribution in [1.29, 1.82) is 0 Å². The van der Waals surface area contributed by atoms with E-state index in [0.29, 0.717) is 0 Å². The Hall–Kier alpha value is -1.13. The van der Waals surface area contributed by atoms with Crippen LogP contribution in [0.4, 0.5) is 0 Å². The average molecular weight is 261 g/mol. The summed E-state index contributed by atoms with van der Waals surface area (Å²) in [5.41, 5.74) is 0. The molecule has 4 heteroatoms. The van der Waals surface area contributed by atoms with Gasteiger partial charge in [-0.3, -0.25) is 0 Å². The normalized spacial score (nSPS) is 14.4. The number of fused-ring (bicyclic) bond motifs is 2. The summed E-state index contributed by atoms with van der Waals surface area (Å²) in [5, 5.41) is 2.40. The Bertz CT molecular complexity index is 499. The zero-order chi connectivity index (χ0) is 11.7. The smallest absolute Gasteiger partial charge is 0.507 e. The lowest BCUT2D eigenvalue weighted by Crippen LogP contribution is -2.23. The molecule has 0 unspecified atom stereocenters. The van der Waals surface area contributed by atoms with Crippen molar-refractivity contribution in [3.05, 3.63) is 36.4 Å². The van der Waals surface area contributed by atoms with Gasteiger partial charge in [0, 0.05) is 6.04 Å². The van der Waals surface area contributed by atoms with Crippen molar-refractivity contribution in [1.82, 2.24) is 0 Å². The van der Waals surface area contributed by atoms with Gasteiger partial charge in [0.05, 0.1) is 0 Å². The molecule has 0 fully saturated rings. The first-order valence-corrected chi connectivity index (χ1v) is 7.87. The van der Waals surface area contributed by atoms with Gasteiger partial charge >= 0.3 is 9.28 Å². The van der Waals surface area contributed by atoms with Crippen molar-refractivity contribution in [3.8, 4) is 11.5 Å². The van der Waals surface area contributed by atoms with Gasteiger partial charge < -0.3 is 8.85 Å². The number of hydrogen-bond acceptors (Lipinski definition) is 3. The summed E-state index contributed by atoms with van der Waals surface area (Å²) >= 11 is 4.21. The summed E-state index contributed by atoms with van der Waals surface area (Å²) in [7, 11) is -1.16. The maximum absolute atomic E-state index is 5.86. The summed E-state index contributed by atoms with van der Waals surface area (Å²) in [6, 6.07) is 13.4. The first-order valence-electron chi connectivity index (χ1n) is 5.72. The fourth-order valence-corrected chi connectivity index (χ4v) is 3.93. The quantitative estimate of drug-likeness (QED) is 0.674. The molecule has 0 aliphatic carbocycles. The lowest BCUT2D eigenvalue weighted by atomic mass is 10.1. The molecule has 2 aromatic rings. The molecule has 0 spiro atoms. The van der Waals surface area contributed by atoms with Gasteiger partial charge in [-0.1, -0.05) is 24.3 Å². The van der Waals surface area contributed by atoms with Gasteiger partial charge in [-0.15, -0.1) is 0 Å². The van der Waals surface area contributed by atoms with Crippen molar-refractivity contribution in [2.24, 2.45) is 0 Å². The van der Waals surface area contributed by atoms with Crippen LogP contribution >= 0.6 is 12.6 Å². The van der Waals surface area contributed by atoms with Crippen LogP contribution in [0, 0.1) is 0 Å². The molecule has 0 aromatic heterocycles. The van der Waals surface area contributed by atoms with Crippen LogP contribution in [-0.4, -0.2) is 15.0 Å². The van der Waals surface area contributed by atoms with Crippen molar-refractivity contribution in [3.63, 3.8) is 0 Å². The number of benzene rings is 2. The third-order valence-corrected chi connectivity index (χ3v) is 4.77. The standard InChI is InChI=1S/C13H13O2SSi/c16-6-3-7-17-14-12-8-10-4-1-2-5-11(10)9-13(12)15-17/h1-2,4-5,8-9,16H,3,6-7H2. The molecule has 1 heterocycles. The minimum absolute atomic E-state index is 0.888. The molecule has 0 saturated heterocycles. The molecule has 1 aliphatic heterocycles. The molecule has 1 radical (unpaired) electrons. The first-order chi connectivity index (χ1) is 8.36. The Labute approximate surface area is 108 Å². The van der Waals surface area contributed by atoms with Crippen LogP contribution in [0.5, 0.6) is 11.5 Å². The van der Waals surface area contributed by atoms with Crippen LogP contribution in [0.15, 0.2) is 36.4 Å². The van der Waals surface area contributed by atoms with Crippen molar-refractivity contribution >= 4 is 32.7 Å². The molecule has 3 rings (SSSR count). The third kappa shape index (κ3) is 2.15. The van der Waals surface area contributed by atoms with Crippen LogP contribution in [0.1, 0.15) is 6.42 Å². The van der Waals surface area contributed by atoms with Gasteiger partial charge in [-0.05, 0) is 35.1 Å². The molecule has 0 atom stereocenters. The van der Waals surface area contributed by atoms with E-state index in [0.717, 1.165) is 29.7 Å². The molecular formula is C13H13O2SSi. The molecule has 0 saturated carbocycles. The minimum atomic E-state index is -1.16. The molecule has 17 heavy (non-hydrogen) atoms. The zero-order valence-corrected chi connectivity index (χ0v) is 11.2. The van der Waals surface area contributed by atoms with E-state index in [2.05, 4.69) is 36.9 Å². The molecular weight excluding hydrogens is 248 g/mol. The predicted molar refractivity (Wildman–Crippen MR) is 74.2 cm³/mol. The fourth-order valence-electron chi connectivity index (χ4n) is 1.95. The molecule has 0 amide bonds. The Morgan fingerprint density at radius 3 is 2.12 bits per heavy atom. The minimum Gasteiger partial charge on any atom is -0.507 e. The van der Waals surface area contributed by atoms with Crippen LogP contribution < -0.4 is 8.85 Å². The van der Waals surface area contributed by atoms with Gasteiger partial charge in [-0.2, -0.15) is 12.6 Å². The highest BCUT2D eigenvalue weighted by Crippen LogP contribution is 2.38. The van der Waals surface area contributed by atoms with E-state index in [9.17, 15) is 0 Å². The van der Waals surface area contributed by atoms with Gasteiger partial charge in [0.1, 0.15) is 11.5 Å². The van der Waals surface area contributed by atoms with Crippen molar-refractivity contribution in [2.75, 3.05) is 5.75 Å². The van der Waals surface area contributed by atoms with Crippen LogP contribution in [0.25, 0.3) is 10.8 Å². The van der Waals surface area contributed by atoms with E-state index >= 15 is 0 Å². The maximum atomic E-state index is 5.86. The third-order valence-electron chi connectivity index (χ3n) is 2.80. The van der Waals surface area contributed by atoms with E-state index in [1.807, 2.05) is 12.1 Å². The van der Waals surface area contributed by atoms with Crippen LogP contribution in [0.2, 0.25) is 6.04 Å². The predicted octanol–water partition coefficient (Wildman–Crippen LogP) is 3.42. The summed E-state index contributed by atoms with van der Waals surface area (Å²) in [6.45, 7) is 0. The van der Waals surface area contributed by atoms with Gasteiger partial charge in [0.15, 0.2) is 0 Å². The Kier molecular flexibility index (Phi) is 2.99. The van der Waals surface area contributed by atoms with E-state index in [4.69, 9.17) is 8.85 Å². The first kappa shape index (κ1) is 11.0. The van der Waals surface area contributed by atoms with Crippen molar-refractivity contribution < 1.29 is 8.85 Å². The average Bonchev–Trinajstić information content (AvgIpc) is 2.75. The zero-order valence-electron chi connectivity index (χ0n) is 9.35. The highest BCUT2D eigenvalue weighted by atomic mass is 32.1. The fraction of sp³-hybridized carbons (Fsp3) is 0.231. The lowest BCUT2D eigenvalue weighted by molar-refractivity contribution is 0.495. The number of hydrogen-bond donors (Lipinski definition) is 1. The van der Waals surface area contributed by atoms with Gasteiger partial charge in [-0.25, -0.2) is 0 Å². The van der Waals surface area contributed by atoms with Crippen LogP contribution in [0.3, 0.4) is 0 Å². The molecule has 1 aliphatic rings. The number of rotatable bonds is 3. The summed E-state index contributed by atoms with van der Waals surface area (Å²) in [4.78, 5) is 0. The molecule has 2 aromatic carbocycles. The summed E-state index contributed by atoms with van der Waals surface area (Å²) in [6.07, 6.45) is 1.05. The molecule has 2 nitrogen and oxygen atoms in total. The maximum Gasteiger partial charge on any atom is 0.532 e. The summed E-state index contributed by atoms with van der Waals surface area (Å²) in [5.74, 6) is 2.69. The Morgan fingerprint density at radius 1 is 1.00 bits per heavy atom. The number of thiol groups is 1. The highest BCUT2D eigenvalue weighted by molar-refractivity contribution is 7.80. The topological polar surface area (TPSA) is 18.5 Å². The Balaban J connectivity index is 1.89. The van der Waals surface area contributed by atoms with E-state index in [-0.39, 0.29) is 0 Å². The second-order valence-electron chi connectivity index (χ2n) is 4.05. The van der Waals surface area contributed by atoms with Gasteiger partial charge in [0.25, 0.3) is 0 Å². The Morgan fingerprint density at radius 2 is 1.59 bits per heavy atom. The SMILES string of the molecule is SCCC[Si]1Oc2cc3ccccc3cc2O1. The van der Waals surface area contributed by atoms with E-state index < -0.39 is 9.28 Å². The molecule has 0 N–H and O–H groups in total. The second-order valence-corrected chi connectivity index (χ2v) is 6.15. The van der Waals surface area contributed by atoms with Crippen LogP contribution in [-0.2, 0) is 0 Å². The summed E-state index contributed by atoms with van der Waals surface area (Å²) < 4.78 is 11.7. The molecule has 0 bridgehead atoms. The largest absolute Gasteiger partial charge is 0.532 e. The monoisotopic (exact) mass is 261 g/mol. The van der Waals surface area contributed by atoms with Gasteiger partial charge in [0.2, 0.25) is 0 Å². The van der Waals surface area contributed by atoms with E-state index in [1.165, 1.54) is 10.8 Å².